The molecular weight excluding hydrogens is 240 g/mol. The number of carbonyl (C=O) groups excluding carboxylic acids is 1. The van der Waals surface area contributed by atoms with Crippen LogP contribution in [0.2, 0.25) is 0 Å². The summed E-state index contributed by atoms with van der Waals surface area (Å²) in [5.41, 5.74) is 7.24. The maximum absolute atomic E-state index is 12.7. The fourth-order valence-corrected chi connectivity index (χ4v) is 2.37. The van der Waals surface area contributed by atoms with Gasteiger partial charge in [-0.1, -0.05) is 20.8 Å². The summed E-state index contributed by atoms with van der Waals surface area (Å²) < 4.78 is 1.67. The van der Waals surface area contributed by atoms with Crippen LogP contribution in [0.3, 0.4) is 0 Å². The van der Waals surface area contributed by atoms with Crippen molar-refractivity contribution in [3.63, 3.8) is 0 Å². The smallest absolute Gasteiger partial charge is 0.272 e. The molecule has 0 saturated carbocycles. The van der Waals surface area contributed by atoms with Gasteiger partial charge in [-0.3, -0.25) is 9.48 Å². The molecule has 0 aliphatic rings. The lowest BCUT2D eigenvalue weighted by molar-refractivity contribution is 0.0663. The van der Waals surface area contributed by atoms with Crippen molar-refractivity contribution in [2.45, 2.75) is 46.1 Å². The van der Waals surface area contributed by atoms with Crippen LogP contribution in [0.1, 0.15) is 49.8 Å². The highest BCUT2D eigenvalue weighted by atomic mass is 16.2. The zero-order valence-corrected chi connectivity index (χ0v) is 12.5. The molecule has 1 aromatic rings. The molecule has 5 heteroatoms. The lowest BCUT2D eigenvalue weighted by atomic mass is 10.1. The molecule has 19 heavy (non-hydrogen) atoms. The summed E-state index contributed by atoms with van der Waals surface area (Å²) in [6, 6.07) is 2.13. The van der Waals surface area contributed by atoms with Crippen molar-refractivity contribution < 1.29 is 4.79 Å². The Hall–Kier alpha value is -1.36. The summed E-state index contributed by atoms with van der Waals surface area (Å²) in [6.07, 6.45) is 2.73. The van der Waals surface area contributed by atoms with Gasteiger partial charge in [-0.25, -0.2) is 0 Å². The maximum atomic E-state index is 12.7. The van der Waals surface area contributed by atoms with Crippen molar-refractivity contribution in [2.75, 3.05) is 13.1 Å². The second-order valence-electron chi connectivity index (χ2n) is 4.76. The number of hydrogen-bond acceptors (Lipinski definition) is 3. The average molecular weight is 266 g/mol. The van der Waals surface area contributed by atoms with Crippen molar-refractivity contribution in [1.29, 1.82) is 0 Å². The van der Waals surface area contributed by atoms with E-state index in [-0.39, 0.29) is 11.9 Å². The van der Waals surface area contributed by atoms with Crippen LogP contribution in [0, 0.1) is 0 Å². The molecule has 0 atom stereocenters. The molecule has 0 bridgehead atoms. The van der Waals surface area contributed by atoms with Crippen molar-refractivity contribution in [2.24, 2.45) is 12.8 Å². The Morgan fingerprint density at radius 1 is 1.42 bits per heavy atom. The minimum Gasteiger partial charge on any atom is -0.333 e. The SMILES string of the molecule is CCc1cc(C(=O)N(CCN)C(CC)CC)n(C)n1. The first-order valence-electron chi connectivity index (χ1n) is 7.12. The molecule has 0 aromatic carbocycles. The lowest BCUT2D eigenvalue weighted by Gasteiger charge is -2.30. The van der Waals surface area contributed by atoms with Crippen LogP contribution >= 0.6 is 0 Å². The molecule has 1 aromatic heterocycles. The highest BCUT2D eigenvalue weighted by Gasteiger charge is 2.24. The Balaban J connectivity index is 3.00. The third-order valence-electron chi connectivity index (χ3n) is 3.53. The highest BCUT2D eigenvalue weighted by molar-refractivity contribution is 5.93. The lowest BCUT2D eigenvalue weighted by Crippen LogP contribution is -2.43. The summed E-state index contributed by atoms with van der Waals surface area (Å²) in [5.74, 6) is 0.0360. The first-order valence-corrected chi connectivity index (χ1v) is 7.12. The summed E-state index contributed by atoms with van der Waals surface area (Å²) in [4.78, 5) is 14.5. The van der Waals surface area contributed by atoms with Crippen molar-refractivity contribution in [3.8, 4) is 0 Å². The molecule has 0 radical (unpaired) electrons. The van der Waals surface area contributed by atoms with E-state index < -0.39 is 0 Å². The fraction of sp³-hybridized carbons (Fsp3) is 0.714. The number of aryl methyl sites for hydroxylation is 2. The normalized spacial score (nSPS) is 11.1. The monoisotopic (exact) mass is 266 g/mol. The van der Waals surface area contributed by atoms with E-state index in [1.807, 2.05) is 24.9 Å². The van der Waals surface area contributed by atoms with Gasteiger partial charge in [0.05, 0.1) is 5.69 Å². The number of carbonyl (C=O) groups is 1. The molecule has 0 saturated heterocycles. The molecule has 1 heterocycles. The molecule has 0 spiro atoms. The first-order chi connectivity index (χ1) is 9.08. The van der Waals surface area contributed by atoms with E-state index >= 15 is 0 Å². The predicted octanol–water partition coefficient (Wildman–Crippen LogP) is 1.57. The Kier molecular flexibility index (Phi) is 6.02. The highest BCUT2D eigenvalue weighted by Crippen LogP contribution is 2.14. The third kappa shape index (κ3) is 3.56. The van der Waals surface area contributed by atoms with Gasteiger partial charge in [-0.2, -0.15) is 5.10 Å². The van der Waals surface area contributed by atoms with E-state index in [4.69, 9.17) is 5.73 Å². The maximum Gasteiger partial charge on any atom is 0.272 e. The van der Waals surface area contributed by atoms with Gasteiger partial charge in [0.1, 0.15) is 5.69 Å². The standard InChI is InChI=1S/C14H26N4O/c1-5-11-10-13(17(4)16-11)14(19)18(9-8-15)12(6-2)7-3/h10,12H,5-9,15H2,1-4H3. The first kappa shape index (κ1) is 15.7. The topological polar surface area (TPSA) is 64.2 Å². The quantitative estimate of drug-likeness (QED) is 0.815. The average Bonchev–Trinajstić information content (AvgIpc) is 2.79. The van der Waals surface area contributed by atoms with Crippen molar-refractivity contribution in [3.05, 3.63) is 17.5 Å². The van der Waals surface area contributed by atoms with E-state index in [0.29, 0.717) is 18.8 Å². The fourth-order valence-electron chi connectivity index (χ4n) is 2.37. The number of rotatable bonds is 7. The Morgan fingerprint density at radius 2 is 2.05 bits per heavy atom. The molecule has 2 N–H and O–H groups in total. The van der Waals surface area contributed by atoms with Crippen molar-refractivity contribution >= 4 is 5.91 Å². The van der Waals surface area contributed by atoms with Gasteiger partial charge in [0, 0.05) is 26.2 Å². The van der Waals surface area contributed by atoms with Crippen LogP contribution in [0.4, 0.5) is 0 Å². The molecule has 108 valence electrons. The van der Waals surface area contributed by atoms with E-state index in [1.165, 1.54) is 0 Å². The second kappa shape index (κ2) is 7.28. The summed E-state index contributed by atoms with van der Waals surface area (Å²) in [7, 11) is 1.82. The van der Waals surface area contributed by atoms with Gasteiger partial charge >= 0.3 is 0 Å². The molecule has 0 aliphatic carbocycles. The van der Waals surface area contributed by atoms with E-state index in [0.717, 1.165) is 25.0 Å². The number of nitrogens with two attached hydrogens (primary N) is 1. The molecule has 5 nitrogen and oxygen atoms in total. The van der Waals surface area contributed by atoms with Gasteiger partial charge in [0.25, 0.3) is 5.91 Å². The van der Waals surface area contributed by atoms with Gasteiger partial charge < -0.3 is 10.6 Å². The minimum atomic E-state index is 0.0360. The van der Waals surface area contributed by atoms with Crippen LogP contribution < -0.4 is 5.73 Å². The number of nitrogens with zero attached hydrogens (tertiary/aromatic N) is 3. The molecule has 0 fully saturated rings. The summed E-state index contributed by atoms with van der Waals surface area (Å²) in [6.45, 7) is 7.32. The minimum absolute atomic E-state index is 0.0360. The summed E-state index contributed by atoms with van der Waals surface area (Å²) >= 11 is 0. The zero-order chi connectivity index (χ0) is 14.4. The largest absolute Gasteiger partial charge is 0.333 e. The Morgan fingerprint density at radius 3 is 2.47 bits per heavy atom. The van der Waals surface area contributed by atoms with Gasteiger partial charge in [0.15, 0.2) is 0 Å². The Labute approximate surface area is 115 Å². The Bertz CT molecular complexity index is 410. The van der Waals surface area contributed by atoms with Gasteiger partial charge in [0.2, 0.25) is 0 Å². The van der Waals surface area contributed by atoms with Crippen molar-refractivity contribution in [1.82, 2.24) is 14.7 Å². The van der Waals surface area contributed by atoms with Gasteiger partial charge in [-0.05, 0) is 25.3 Å². The van der Waals surface area contributed by atoms with Crippen LogP contribution in [0.15, 0.2) is 6.07 Å². The molecule has 1 amide bonds. The number of amides is 1. The summed E-state index contributed by atoms with van der Waals surface area (Å²) in [5, 5.41) is 4.34. The molecule has 0 unspecified atom stereocenters. The van der Waals surface area contributed by atoms with Crippen LogP contribution in [-0.4, -0.2) is 39.7 Å². The second-order valence-corrected chi connectivity index (χ2v) is 4.76. The number of aromatic nitrogens is 2. The molecule has 1 rings (SSSR count). The van der Waals surface area contributed by atoms with Crippen LogP contribution in [0.25, 0.3) is 0 Å². The molecular formula is C14H26N4O. The van der Waals surface area contributed by atoms with Crippen LogP contribution in [0.5, 0.6) is 0 Å². The van der Waals surface area contributed by atoms with Gasteiger partial charge in [-0.15, -0.1) is 0 Å². The molecule has 0 aliphatic heterocycles. The van der Waals surface area contributed by atoms with Crippen LogP contribution in [-0.2, 0) is 13.5 Å². The van der Waals surface area contributed by atoms with E-state index in [2.05, 4.69) is 18.9 Å². The van der Waals surface area contributed by atoms with E-state index in [1.54, 1.807) is 4.68 Å². The third-order valence-corrected chi connectivity index (χ3v) is 3.53. The number of hydrogen-bond donors (Lipinski definition) is 1. The van der Waals surface area contributed by atoms with E-state index in [9.17, 15) is 4.79 Å². The predicted molar refractivity (Wildman–Crippen MR) is 77.0 cm³/mol. The zero-order valence-electron chi connectivity index (χ0n) is 12.5.